The van der Waals surface area contributed by atoms with Gasteiger partial charge in [-0.1, -0.05) is 12.8 Å². The first-order chi connectivity index (χ1) is 10.4. The van der Waals surface area contributed by atoms with Crippen LogP contribution in [0, 0.1) is 11.8 Å². The normalized spacial score (nSPS) is 39.2. The number of nitrogens with zero attached hydrogens (tertiary/aromatic N) is 2. The van der Waals surface area contributed by atoms with Gasteiger partial charge in [-0.3, -0.25) is 18.9 Å². The van der Waals surface area contributed by atoms with Gasteiger partial charge < -0.3 is 0 Å². The van der Waals surface area contributed by atoms with Gasteiger partial charge in [0.1, 0.15) is 0 Å². The highest BCUT2D eigenvalue weighted by Gasteiger charge is 2.46. The summed E-state index contributed by atoms with van der Waals surface area (Å²) >= 11 is 0. The lowest BCUT2D eigenvalue weighted by Gasteiger charge is -2.57. The van der Waals surface area contributed by atoms with E-state index in [-0.39, 0.29) is 0 Å². The maximum absolute atomic E-state index is 8.74. The molecule has 4 fully saturated rings. The first-order valence-corrected chi connectivity index (χ1v) is 9.99. The summed E-state index contributed by atoms with van der Waals surface area (Å²) in [5.74, 6) is 2.03. The molecule has 2 N–H and O–H groups in total. The molecule has 22 heavy (non-hydrogen) atoms. The highest BCUT2D eigenvalue weighted by molar-refractivity contribution is 7.79. The third kappa shape index (κ3) is 4.00. The third-order valence-electron chi connectivity index (χ3n) is 5.96. The Morgan fingerprint density at radius 3 is 1.59 bits per heavy atom. The summed E-state index contributed by atoms with van der Waals surface area (Å²) in [7, 11) is -4.67. The van der Waals surface area contributed by atoms with Gasteiger partial charge in [-0.2, -0.15) is 8.42 Å². The molecular formula is C15H28N2O4S. The van der Waals surface area contributed by atoms with Gasteiger partial charge >= 0.3 is 10.4 Å². The van der Waals surface area contributed by atoms with E-state index in [1.54, 1.807) is 6.42 Å². The van der Waals surface area contributed by atoms with Crippen molar-refractivity contribution in [2.45, 2.75) is 57.0 Å². The van der Waals surface area contributed by atoms with E-state index in [1.165, 1.54) is 64.7 Å². The van der Waals surface area contributed by atoms with Gasteiger partial charge in [0.2, 0.25) is 0 Å². The van der Waals surface area contributed by atoms with Gasteiger partial charge in [-0.25, -0.2) is 0 Å². The fraction of sp³-hybridized carbons (Fsp3) is 1.00. The van der Waals surface area contributed by atoms with Crippen LogP contribution in [0.2, 0.25) is 0 Å². The first-order valence-electron chi connectivity index (χ1n) is 8.60. The molecular weight excluding hydrogens is 304 g/mol. The van der Waals surface area contributed by atoms with Gasteiger partial charge in [0, 0.05) is 25.2 Å². The topological polar surface area (TPSA) is 81.1 Å². The molecule has 4 heterocycles. The summed E-state index contributed by atoms with van der Waals surface area (Å²) in [6, 6.07) is 1.92. The monoisotopic (exact) mass is 332 g/mol. The Morgan fingerprint density at radius 2 is 1.18 bits per heavy atom. The molecule has 7 heteroatoms. The molecule has 0 spiro atoms. The van der Waals surface area contributed by atoms with Crippen molar-refractivity contribution in [3.8, 4) is 0 Å². The van der Waals surface area contributed by atoms with Crippen molar-refractivity contribution in [2.75, 3.05) is 26.2 Å². The molecule has 0 aromatic heterocycles. The summed E-state index contributed by atoms with van der Waals surface area (Å²) < 4.78 is 31.6. The predicted molar refractivity (Wildman–Crippen MR) is 84.2 cm³/mol. The quantitative estimate of drug-likeness (QED) is 0.657. The van der Waals surface area contributed by atoms with E-state index in [4.69, 9.17) is 17.5 Å². The molecule has 0 aliphatic carbocycles. The third-order valence-corrected chi connectivity index (χ3v) is 5.96. The number of hydrogen-bond acceptors (Lipinski definition) is 4. The Kier molecular flexibility index (Phi) is 5.09. The summed E-state index contributed by atoms with van der Waals surface area (Å²) in [5.41, 5.74) is 0. The van der Waals surface area contributed by atoms with Crippen molar-refractivity contribution in [3.05, 3.63) is 0 Å². The van der Waals surface area contributed by atoms with Crippen LogP contribution in [0.4, 0.5) is 0 Å². The molecule has 0 unspecified atom stereocenters. The SMILES string of the molecule is C1CCN2C[C@H]3C[C@H](CN4CCCC[C@@H]34)[C@H]2C1.O=S(=O)(O)O. The Bertz CT molecular complexity index is 448. The Morgan fingerprint density at radius 1 is 0.773 bits per heavy atom. The zero-order valence-corrected chi connectivity index (χ0v) is 13.9. The average Bonchev–Trinajstić information content (AvgIpc) is 2.46. The van der Waals surface area contributed by atoms with Crippen LogP contribution in [-0.4, -0.2) is 65.6 Å². The van der Waals surface area contributed by atoms with Crippen LogP contribution in [0.1, 0.15) is 44.9 Å². The summed E-state index contributed by atoms with van der Waals surface area (Å²) in [5, 5.41) is 0. The number of hydrogen-bond donors (Lipinski definition) is 2. The molecule has 6 nitrogen and oxygen atoms in total. The van der Waals surface area contributed by atoms with Gasteiger partial charge in [-0.05, 0) is 57.0 Å². The van der Waals surface area contributed by atoms with Crippen molar-refractivity contribution in [1.82, 2.24) is 9.80 Å². The lowest BCUT2D eigenvalue weighted by atomic mass is 9.71. The molecule has 4 rings (SSSR count). The molecule has 0 aromatic rings. The smallest absolute Gasteiger partial charge is 0.300 e. The highest BCUT2D eigenvalue weighted by atomic mass is 32.3. The summed E-state index contributed by atoms with van der Waals surface area (Å²) in [6.45, 7) is 5.68. The Balaban J connectivity index is 0.000000254. The molecule has 0 aromatic carbocycles. The van der Waals surface area contributed by atoms with Crippen LogP contribution >= 0.6 is 0 Å². The maximum Gasteiger partial charge on any atom is 0.394 e. The van der Waals surface area contributed by atoms with E-state index in [0.29, 0.717) is 0 Å². The molecule has 4 aliphatic rings. The number of piperidine rings is 4. The fourth-order valence-corrected chi connectivity index (χ4v) is 5.25. The van der Waals surface area contributed by atoms with Gasteiger partial charge in [0.05, 0.1) is 0 Å². The molecule has 128 valence electrons. The van der Waals surface area contributed by atoms with E-state index < -0.39 is 10.4 Å². The van der Waals surface area contributed by atoms with Crippen LogP contribution in [0.5, 0.6) is 0 Å². The lowest BCUT2D eigenvalue weighted by Crippen LogP contribution is -2.63. The maximum atomic E-state index is 8.74. The number of rotatable bonds is 0. The minimum Gasteiger partial charge on any atom is -0.300 e. The molecule has 4 saturated heterocycles. The summed E-state index contributed by atoms with van der Waals surface area (Å²) in [6.07, 6.45) is 10.5. The fourth-order valence-electron chi connectivity index (χ4n) is 5.25. The minimum atomic E-state index is -4.67. The van der Waals surface area contributed by atoms with E-state index >= 15 is 0 Å². The van der Waals surface area contributed by atoms with Crippen molar-refractivity contribution >= 4 is 10.4 Å². The standard InChI is InChI=1S/C15H26N2.H2O4S/c1-3-7-16-11-13-9-12(14(16)5-1)10-17-8-4-2-6-15(13)17;1-5(2,3)4/h12-15H,1-11H2;(H2,1,2,3,4)/t12-,13-,14-,15+;/m1./s1. The van der Waals surface area contributed by atoms with Crippen molar-refractivity contribution in [1.29, 1.82) is 0 Å². The minimum absolute atomic E-state index is 0.961. The van der Waals surface area contributed by atoms with Crippen molar-refractivity contribution in [3.63, 3.8) is 0 Å². The average molecular weight is 332 g/mol. The largest absolute Gasteiger partial charge is 0.394 e. The van der Waals surface area contributed by atoms with Crippen LogP contribution in [0.3, 0.4) is 0 Å². The van der Waals surface area contributed by atoms with Crippen molar-refractivity contribution in [2.24, 2.45) is 11.8 Å². The second kappa shape index (κ2) is 6.73. The first kappa shape index (κ1) is 16.6. The van der Waals surface area contributed by atoms with Crippen LogP contribution in [0.15, 0.2) is 0 Å². The van der Waals surface area contributed by atoms with Crippen LogP contribution in [-0.2, 0) is 10.4 Å². The van der Waals surface area contributed by atoms with E-state index in [2.05, 4.69) is 9.80 Å². The zero-order chi connectivity index (χ0) is 15.7. The Hall–Kier alpha value is -0.210. The van der Waals surface area contributed by atoms with E-state index in [0.717, 1.165) is 23.9 Å². The molecule has 0 saturated carbocycles. The molecule has 2 bridgehead atoms. The summed E-state index contributed by atoms with van der Waals surface area (Å²) in [4.78, 5) is 5.74. The zero-order valence-electron chi connectivity index (χ0n) is 13.1. The van der Waals surface area contributed by atoms with Gasteiger partial charge in [0.15, 0.2) is 0 Å². The number of fused-ring (bicyclic) bond motifs is 6. The van der Waals surface area contributed by atoms with E-state index in [1.807, 2.05) is 0 Å². The Labute approximate surface area is 133 Å². The second-order valence-electron chi connectivity index (χ2n) is 7.32. The lowest BCUT2D eigenvalue weighted by molar-refractivity contribution is -0.0718. The van der Waals surface area contributed by atoms with Crippen molar-refractivity contribution < 1.29 is 17.5 Å². The van der Waals surface area contributed by atoms with Gasteiger partial charge in [-0.15, -0.1) is 0 Å². The second-order valence-corrected chi connectivity index (χ2v) is 8.22. The van der Waals surface area contributed by atoms with Gasteiger partial charge in [0.25, 0.3) is 0 Å². The molecule has 0 amide bonds. The van der Waals surface area contributed by atoms with Crippen LogP contribution in [0.25, 0.3) is 0 Å². The predicted octanol–water partition coefficient (Wildman–Crippen LogP) is 1.69. The van der Waals surface area contributed by atoms with E-state index in [9.17, 15) is 0 Å². The molecule has 4 aliphatic heterocycles. The molecule has 0 radical (unpaired) electrons. The highest BCUT2D eigenvalue weighted by Crippen LogP contribution is 2.42. The molecule has 4 atom stereocenters. The van der Waals surface area contributed by atoms with Crippen LogP contribution < -0.4 is 0 Å².